The molecule has 1 aromatic rings. The number of Topliss-reactive ketones (excluding diaryl/α,β-unsaturated/α-hetero) is 1. The van der Waals surface area contributed by atoms with Crippen molar-refractivity contribution in [1.29, 1.82) is 0 Å². The minimum absolute atomic E-state index is 0.0401. The molecular formula is C15H22O3Si. The van der Waals surface area contributed by atoms with Crippen molar-refractivity contribution in [3.8, 4) is 0 Å². The first-order valence-corrected chi connectivity index (χ1v) is 10.1. The molecule has 0 aromatic heterocycles. The van der Waals surface area contributed by atoms with E-state index in [9.17, 15) is 14.7 Å². The molecule has 3 nitrogen and oxygen atoms in total. The van der Waals surface area contributed by atoms with Crippen LogP contribution >= 0.6 is 0 Å². The normalized spacial score (nSPS) is 14.7. The number of carboxylic acid groups (broad SMARTS) is 1. The first kappa shape index (κ1) is 15.6. The van der Waals surface area contributed by atoms with Gasteiger partial charge in [0, 0.05) is 12.3 Å². The molecule has 2 unspecified atom stereocenters. The van der Waals surface area contributed by atoms with E-state index < -0.39 is 19.6 Å². The Hall–Kier alpha value is -1.42. The fourth-order valence-corrected chi connectivity index (χ4v) is 4.84. The molecular weight excluding hydrogens is 256 g/mol. The van der Waals surface area contributed by atoms with Gasteiger partial charge in [-0.1, -0.05) is 50.0 Å². The van der Waals surface area contributed by atoms with Gasteiger partial charge in [0.05, 0.1) is 13.6 Å². The maximum absolute atomic E-state index is 11.7. The van der Waals surface area contributed by atoms with E-state index in [1.165, 1.54) is 6.92 Å². The van der Waals surface area contributed by atoms with Gasteiger partial charge in [-0.25, -0.2) is 0 Å². The zero-order chi connectivity index (χ0) is 14.6. The van der Waals surface area contributed by atoms with Crippen LogP contribution in [0.2, 0.25) is 25.2 Å². The van der Waals surface area contributed by atoms with E-state index in [4.69, 9.17) is 0 Å². The van der Waals surface area contributed by atoms with Gasteiger partial charge in [0.1, 0.15) is 5.78 Å². The first-order chi connectivity index (χ1) is 8.73. The Labute approximate surface area is 115 Å². The smallest absolute Gasteiger partial charge is 0.304 e. The van der Waals surface area contributed by atoms with Crippen LogP contribution in [0.5, 0.6) is 0 Å². The third-order valence-corrected chi connectivity index (χ3v) is 5.85. The van der Waals surface area contributed by atoms with Crippen LogP contribution in [0, 0.1) is 0 Å². The average molecular weight is 278 g/mol. The number of rotatable bonds is 6. The number of hydrogen-bond acceptors (Lipinski definition) is 2. The summed E-state index contributed by atoms with van der Waals surface area (Å²) in [4.78, 5) is 23.2. The Bertz CT molecular complexity index is 448. The predicted octanol–water partition coefficient (Wildman–Crippen LogP) is 3.54. The van der Waals surface area contributed by atoms with Gasteiger partial charge >= 0.3 is 5.97 Å². The SMILES string of the molecule is CC(=O)CC(c1ccccc1)C(C(=O)O)[Si](C)(C)C. The standard InChI is InChI=1S/C15H22O3Si/c1-11(16)10-13(12-8-6-5-7-9-12)14(15(17)18)19(2,3)4/h5-9,13-14H,10H2,1-4H3,(H,17,18). The summed E-state index contributed by atoms with van der Waals surface area (Å²) in [7, 11) is -1.91. The molecule has 0 aliphatic heterocycles. The lowest BCUT2D eigenvalue weighted by molar-refractivity contribution is -0.137. The molecule has 0 spiro atoms. The topological polar surface area (TPSA) is 54.4 Å². The van der Waals surface area contributed by atoms with Crippen LogP contribution in [0.25, 0.3) is 0 Å². The highest BCUT2D eigenvalue weighted by atomic mass is 28.3. The Morgan fingerprint density at radius 3 is 2.05 bits per heavy atom. The van der Waals surface area contributed by atoms with Crippen LogP contribution in [0.1, 0.15) is 24.8 Å². The molecule has 0 bridgehead atoms. The van der Waals surface area contributed by atoms with Crippen molar-refractivity contribution in [1.82, 2.24) is 0 Å². The molecule has 0 amide bonds. The zero-order valence-corrected chi connectivity index (χ0v) is 13.0. The second kappa shape index (κ2) is 6.15. The Balaban J connectivity index is 3.22. The van der Waals surface area contributed by atoms with Crippen LogP contribution in [-0.4, -0.2) is 24.9 Å². The van der Waals surface area contributed by atoms with Crippen LogP contribution < -0.4 is 0 Å². The molecule has 2 atom stereocenters. The number of carbonyl (C=O) groups is 2. The van der Waals surface area contributed by atoms with Crippen molar-refractivity contribution in [2.75, 3.05) is 0 Å². The molecule has 0 aliphatic carbocycles. The lowest BCUT2D eigenvalue weighted by Crippen LogP contribution is -2.38. The molecule has 4 heteroatoms. The summed E-state index contributed by atoms with van der Waals surface area (Å²) in [5.74, 6) is -0.963. The van der Waals surface area contributed by atoms with Crippen LogP contribution in [0.15, 0.2) is 30.3 Å². The number of carboxylic acids is 1. The van der Waals surface area contributed by atoms with E-state index in [1.54, 1.807) is 0 Å². The van der Waals surface area contributed by atoms with Crippen molar-refractivity contribution < 1.29 is 14.7 Å². The summed E-state index contributed by atoms with van der Waals surface area (Å²) in [6, 6.07) is 9.53. The van der Waals surface area contributed by atoms with Crippen molar-refractivity contribution in [3.63, 3.8) is 0 Å². The lowest BCUT2D eigenvalue weighted by atomic mass is 9.90. The Morgan fingerprint density at radius 1 is 1.16 bits per heavy atom. The van der Waals surface area contributed by atoms with Crippen molar-refractivity contribution in [3.05, 3.63) is 35.9 Å². The minimum atomic E-state index is -1.91. The molecule has 1 rings (SSSR count). The summed E-state index contributed by atoms with van der Waals surface area (Å²) >= 11 is 0. The third-order valence-electron chi connectivity index (χ3n) is 3.34. The number of ketones is 1. The van der Waals surface area contributed by atoms with Gasteiger partial charge in [-0.15, -0.1) is 0 Å². The molecule has 104 valence electrons. The quantitative estimate of drug-likeness (QED) is 0.810. The van der Waals surface area contributed by atoms with Gasteiger partial charge < -0.3 is 9.90 Å². The van der Waals surface area contributed by atoms with Gasteiger partial charge in [-0.05, 0) is 12.5 Å². The van der Waals surface area contributed by atoms with Gasteiger partial charge in [-0.3, -0.25) is 4.79 Å². The molecule has 1 aromatic carbocycles. The zero-order valence-electron chi connectivity index (χ0n) is 12.0. The average Bonchev–Trinajstić information content (AvgIpc) is 2.26. The Kier molecular flexibility index (Phi) is 5.06. The van der Waals surface area contributed by atoms with Gasteiger partial charge in [0.2, 0.25) is 0 Å². The van der Waals surface area contributed by atoms with E-state index >= 15 is 0 Å². The van der Waals surface area contributed by atoms with Crippen LogP contribution in [0.3, 0.4) is 0 Å². The largest absolute Gasteiger partial charge is 0.481 e. The molecule has 0 aliphatic rings. The minimum Gasteiger partial charge on any atom is -0.481 e. The highest BCUT2D eigenvalue weighted by Gasteiger charge is 2.40. The van der Waals surface area contributed by atoms with Gasteiger partial charge in [0.25, 0.3) is 0 Å². The van der Waals surface area contributed by atoms with E-state index in [2.05, 4.69) is 0 Å². The second-order valence-electron chi connectivity index (χ2n) is 6.11. The number of aliphatic carboxylic acids is 1. The van der Waals surface area contributed by atoms with Crippen molar-refractivity contribution >= 4 is 19.8 Å². The lowest BCUT2D eigenvalue weighted by Gasteiger charge is -2.32. The fourth-order valence-electron chi connectivity index (χ4n) is 2.58. The molecule has 0 fully saturated rings. The fraction of sp³-hybridized carbons (Fsp3) is 0.467. The van der Waals surface area contributed by atoms with Gasteiger partial charge in [0.15, 0.2) is 0 Å². The molecule has 19 heavy (non-hydrogen) atoms. The summed E-state index contributed by atoms with van der Waals surface area (Å²) in [5, 5.41) is 9.58. The van der Waals surface area contributed by atoms with Crippen LogP contribution in [0.4, 0.5) is 0 Å². The number of carbonyl (C=O) groups excluding carboxylic acids is 1. The molecule has 1 N–H and O–H groups in total. The van der Waals surface area contributed by atoms with Crippen LogP contribution in [-0.2, 0) is 9.59 Å². The van der Waals surface area contributed by atoms with E-state index in [1.807, 2.05) is 50.0 Å². The second-order valence-corrected chi connectivity index (χ2v) is 11.5. The van der Waals surface area contributed by atoms with E-state index in [-0.39, 0.29) is 11.7 Å². The molecule has 0 saturated carbocycles. The summed E-state index contributed by atoms with van der Waals surface area (Å²) in [6.07, 6.45) is 0.297. The maximum Gasteiger partial charge on any atom is 0.304 e. The third kappa shape index (κ3) is 4.31. The molecule has 0 heterocycles. The first-order valence-electron chi connectivity index (χ1n) is 6.50. The maximum atomic E-state index is 11.7. The molecule has 0 radical (unpaired) electrons. The van der Waals surface area contributed by atoms with Crippen molar-refractivity contribution in [2.45, 2.75) is 44.4 Å². The van der Waals surface area contributed by atoms with E-state index in [0.29, 0.717) is 6.42 Å². The molecule has 0 saturated heterocycles. The summed E-state index contributed by atoms with van der Waals surface area (Å²) in [6.45, 7) is 7.66. The summed E-state index contributed by atoms with van der Waals surface area (Å²) in [5.41, 5.74) is 0.506. The monoisotopic (exact) mass is 278 g/mol. The van der Waals surface area contributed by atoms with E-state index in [0.717, 1.165) is 5.56 Å². The van der Waals surface area contributed by atoms with Gasteiger partial charge in [-0.2, -0.15) is 0 Å². The predicted molar refractivity (Wildman–Crippen MR) is 79.2 cm³/mol. The Morgan fingerprint density at radius 2 is 1.68 bits per heavy atom. The highest BCUT2D eigenvalue weighted by molar-refractivity contribution is 6.80. The number of benzene rings is 1. The number of hydrogen-bond donors (Lipinski definition) is 1. The highest BCUT2D eigenvalue weighted by Crippen LogP contribution is 2.39. The van der Waals surface area contributed by atoms with Crippen molar-refractivity contribution in [2.24, 2.45) is 0 Å². The summed E-state index contributed by atoms with van der Waals surface area (Å²) < 4.78 is 0.